The minimum absolute atomic E-state index is 0. The molecule has 0 aliphatic carbocycles. The van der Waals surface area contributed by atoms with E-state index in [-0.39, 0.29) is 29.0 Å². The van der Waals surface area contributed by atoms with Gasteiger partial charge in [-0.1, -0.05) is 50.4 Å². The molecule has 1 saturated heterocycles. The number of benzene rings is 1. The van der Waals surface area contributed by atoms with Gasteiger partial charge in [-0.25, -0.2) is 0 Å². The molecule has 1 unspecified atom stereocenters. The van der Waals surface area contributed by atoms with Gasteiger partial charge >= 0.3 is 56.5 Å². The van der Waals surface area contributed by atoms with Crippen molar-refractivity contribution >= 4 is 13.2 Å². The van der Waals surface area contributed by atoms with Crippen LogP contribution in [0.15, 0.2) is 42.5 Å². The standard InChI is InChI=1S/C12H13P.5CO.W/c1-2-4-10(5-3-1)13-11-6-7-12(13)9-8-11;5*1-2;/h1-7,11-12H,8-9H2;;;;;;/t11-,12+,13?;;;;;;. The molecule has 0 amide bonds. The molecule has 1 fully saturated rings. The molecule has 0 radical (unpaired) electrons. The van der Waals surface area contributed by atoms with Gasteiger partial charge in [0.15, 0.2) is 0 Å². The Hall–Kier alpha value is -1.22. The van der Waals surface area contributed by atoms with Gasteiger partial charge in [0.1, 0.15) is 0 Å². The van der Waals surface area contributed by atoms with Gasteiger partial charge in [-0.15, -0.1) is 0 Å². The Morgan fingerprint density at radius 3 is 1.29 bits per heavy atom. The van der Waals surface area contributed by atoms with Gasteiger partial charge in [0.2, 0.25) is 0 Å². The second kappa shape index (κ2) is 24.0. The molecule has 0 N–H and O–H groups in total. The Kier molecular flexibility index (Phi) is 30.7. The average Bonchev–Trinajstić information content (AvgIpc) is 3.31. The Morgan fingerprint density at radius 1 is 0.667 bits per heavy atom. The first-order valence-corrected chi connectivity index (χ1v) is 7.47. The van der Waals surface area contributed by atoms with E-state index < -0.39 is 0 Å². The van der Waals surface area contributed by atoms with E-state index in [1.165, 1.54) is 12.8 Å². The monoisotopic (exact) mass is 512 g/mol. The largest absolute Gasteiger partial charge is 0 e. The number of hydrogen-bond donors (Lipinski definition) is 0. The predicted molar refractivity (Wildman–Crippen MR) is 78.6 cm³/mol. The van der Waals surface area contributed by atoms with Gasteiger partial charge < -0.3 is 0 Å². The third kappa shape index (κ3) is 9.81. The maximum absolute atomic E-state index is 7.50. The van der Waals surface area contributed by atoms with Crippen LogP contribution in [0.3, 0.4) is 0 Å². The van der Waals surface area contributed by atoms with Crippen molar-refractivity contribution in [1.29, 1.82) is 0 Å². The Balaban J connectivity index is -0.000000159. The second-order valence-electron chi connectivity index (χ2n) is 3.84. The van der Waals surface area contributed by atoms with Crippen LogP contribution in [-0.4, -0.2) is 11.3 Å². The fourth-order valence-electron chi connectivity index (χ4n) is 2.48. The van der Waals surface area contributed by atoms with Crippen molar-refractivity contribution in [2.24, 2.45) is 0 Å². The van der Waals surface area contributed by atoms with Gasteiger partial charge in [-0.3, -0.25) is 0 Å². The van der Waals surface area contributed by atoms with E-state index >= 15 is 0 Å². The normalized spacial score (nSPS) is 19.7. The summed E-state index contributed by atoms with van der Waals surface area (Å²) in [4.78, 5) is 0. The minimum Gasteiger partial charge on any atom is 0 e. The Morgan fingerprint density at radius 2 is 1.00 bits per heavy atom. The number of fused-ring (bicyclic) bond motifs is 2. The molecule has 0 aromatic heterocycles. The van der Waals surface area contributed by atoms with E-state index in [1.54, 1.807) is 5.30 Å². The number of hydrogen-bond acceptors (Lipinski definition) is 0. The molecule has 0 saturated carbocycles. The molecular formula is C17H13O5PW. The summed E-state index contributed by atoms with van der Waals surface area (Å²) < 4.78 is 37.5. The molecule has 24 heavy (non-hydrogen) atoms. The average molecular weight is 512 g/mol. The van der Waals surface area contributed by atoms with Crippen molar-refractivity contribution in [1.82, 2.24) is 0 Å². The summed E-state index contributed by atoms with van der Waals surface area (Å²) >= 11 is 0. The maximum Gasteiger partial charge on any atom is 0 e. The molecule has 122 valence electrons. The van der Waals surface area contributed by atoms with Crippen molar-refractivity contribution in [2.75, 3.05) is 0 Å². The first-order chi connectivity index (χ1) is 11.4. The summed E-state index contributed by atoms with van der Waals surface area (Å²) in [5.74, 6) is 0. The van der Waals surface area contributed by atoms with Crippen LogP contribution >= 0.6 is 7.92 Å². The van der Waals surface area contributed by atoms with Crippen LogP contribution in [-0.2, 0) is 44.3 Å². The third-order valence-corrected chi connectivity index (χ3v) is 6.27. The fourth-order valence-corrected chi connectivity index (χ4v) is 5.68. The van der Waals surface area contributed by atoms with Crippen LogP contribution in [0.1, 0.15) is 12.8 Å². The molecular weight excluding hydrogens is 499 g/mol. The molecule has 2 heterocycles. The first kappa shape index (κ1) is 30.6. The zero-order valence-corrected chi connectivity index (χ0v) is 16.3. The zero-order valence-electron chi connectivity index (χ0n) is 12.5. The van der Waals surface area contributed by atoms with Gasteiger partial charge in [0.05, 0.1) is 0 Å². The summed E-state index contributed by atoms with van der Waals surface area (Å²) in [6.45, 7) is 22.5. The molecule has 3 atom stereocenters. The molecule has 7 heteroatoms. The number of allylic oxidation sites excluding steroid dienone is 2. The van der Waals surface area contributed by atoms with Crippen LogP contribution in [0.2, 0.25) is 0 Å². The van der Waals surface area contributed by atoms with Crippen LogP contribution in [0.4, 0.5) is 0 Å². The van der Waals surface area contributed by atoms with Crippen LogP contribution < -0.4 is 5.30 Å². The van der Waals surface area contributed by atoms with Crippen LogP contribution in [0, 0.1) is 33.3 Å². The van der Waals surface area contributed by atoms with Crippen molar-refractivity contribution in [3.63, 3.8) is 0 Å². The first-order valence-electron chi connectivity index (χ1n) is 5.99. The maximum atomic E-state index is 7.50. The fraction of sp³-hybridized carbons (Fsp3) is 0.235. The summed E-state index contributed by atoms with van der Waals surface area (Å²) in [5, 5.41) is 1.61. The molecule has 3 rings (SSSR count). The van der Waals surface area contributed by atoms with E-state index in [4.69, 9.17) is 23.3 Å². The molecule has 1 aromatic carbocycles. The van der Waals surface area contributed by atoms with Crippen LogP contribution in [0.25, 0.3) is 0 Å². The smallest absolute Gasteiger partial charge is 0 e. The Labute approximate surface area is 157 Å². The van der Waals surface area contributed by atoms with Crippen molar-refractivity contribution in [3.05, 3.63) is 75.7 Å². The molecule has 2 bridgehead atoms. The van der Waals surface area contributed by atoms with Gasteiger partial charge in [0, 0.05) is 32.4 Å². The molecule has 2 aliphatic heterocycles. The van der Waals surface area contributed by atoms with Crippen molar-refractivity contribution in [3.8, 4) is 0 Å². The summed E-state index contributed by atoms with van der Waals surface area (Å²) in [6, 6.07) is 11.1. The summed E-state index contributed by atoms with van der Waals surface area (Å²) in [5.41, 5.74) is 1.81. The molecule has 5 nitrogen and oxygen atoms in total. The SMILES string of the molecule is C1=C[C@H]2CC[C@@H]1P2c1ccccc1.[C-]#[O+].[C-]#[O+].[C-]#[O+].[C-]#[O+].[C-]#[O+].[W]. The summed E-state index contributed by atoms with van der Waals surface area (Å²) in [7, 11) is 0.137. The van der Waals surface area contributed by atoms with Gasteiger partial charge in [-0.05, 0) is 18.1 Å². The molecule has 0 spiro atoms. The van der Waals surface area contributed by atoms with E-state index in [2.05, 4.69) is 75.7 Å². The van der Waals surface area contributed by atoms with Gasteiger partial charge in [-0.2, -0.15) is 0 Å². The van der Waals surface area contributed by atoms with Crippen LogP contribution in [0.5, 0.6) is 0 Å². The molecule has 1 aromatic rings. The third-order valence-electron chi connectivity index (χ3n) is 3.08. The topological polar surface area (TPSA) is 99.5 Å². The predicted octanol–water partition coefficient (Wildman–Crippen LogP) is 2.70. The van der Waals surface area contributed by atoms with E-state index in [9.17, 15) is 0 Å². The molecule has 2 aliphatic rings. The number of rotatable bonds is 1. The zero-order chi connectivity index (χ0) is 18.7. The van der Waals surface area contributed by atoms with E-state index in [0.29, 0.717) is 0 Å². The quantitative estimate of drug-likeness (QED) is 0.240. The Bertz CT molecular complexity index is 485. The van der Waals surface area contributed by atoms with Gasteiger partial charge in [0.25, 0.3) is 0 Å². The van der Waals surface area contributed by atoms with Crippen molar-refractivity contribution in [2.45, 2.75) is 24.2 Å². The van der Waals surface area contributed by atoms with Crippen molar-refractivity contribution < 1.29 is 44.3 Å². The van der Waals surface area contributed by atoms with E-state index in [1.807, 2.05) is 0 Å². The second-order valence-corrected chi connectivity index (χ2v) is 6.50. The summed E-state index contributed by atoms with van der Waals surface area (Å²) in [6.07, 6.45) is 7.77. The minimum atomic E-state index is 0. The van der Waals surface area contributed by atoms with E-state index in [0.717, 1.165) is 11.3 Å².